The highest BCUT2D eigenvalue weighted by molar-refractivity contribution is 5.83. The first kappa shape index (κ1) is 21.8. The minimum Gasteiger partial charge on any atom is -0.486 e. The number of H-pyrrole nitrogens is 1. The van der Waals surface area contributed by atoms with Gasteiger partial charge in [-0.3, -0.25) is 9.69 Å². The van der Waals surface area contributed by atoms with Crippen LogP contribution in [0.25, 0.3) is 10.9 Å². The summed E-state index contributed by atoms with van der Waals surface area (Å²) in [6.45, 7) is 9.68. The Morgan fingerprint density at radius 1 is 1.12 bits per heavy atom. The van der Waals surface area contributed by atoms with E-state index in [1.807, 2.05) is 22.9 Å². The molecule has 176 valence electrons. The first-order valence-electron chi connectivity index (χ1n) is 11.4. The average molecular weight is 455 g/mol. The van der Waals surface area contributed by atoms with Crippen molar-refractivity contribution in [2.24, 2.45) is 0 Å². The predicted octanol–water partition coefficient (Wildman–Crippen LogP) is 2.22. The van der Waals surface area contributed by atoms with Gasteiger partial charge in [0.15, 0.2) is 17.3 Å². The number of hydrogen-bond donors (Lipinski definition) is 1. The summed E-state index contributed by atoms with van der Waals surface area (Å²) in [6.07, 6.45) is 2.21. The standard InChI is InChI=1S/C23H30N6O4/c1-23(2,3)29-21(25-26-27-29)14-28(13-17-5-4-6-31-17)12-16-9-15-10-19-20(33-8-7-32-19)11-18(15)24-22(16)30/h9-11,17H,4-8,12-14H2,1-3H3,(H,24,30)/t17-/m1/s1. The van der Waals surface area contributed by atoms with Crippen LogP contribution in [0.2, 0.25) is 0 Å². The van der Waals surface area contributed by atoms with E-state index in [4.69, 9.17) is 14.2 Å². The van der Waals surface area contributed by atoms with Crippen molar-refractivity contribution in [2.45, 2.75) is 58.3 Å². The second-order valence-electron chi connectivity index (χ2n) is 9.69. The lowest BCUT2D eigenvalue weighted by molar-refractivity contribution is 0.0657. The van der Waals surface area contributed by atoms with Gasteiger partial charge in [0.1, 0.15) is 13.2 Å². The number of rotatable bonds is 6. The molecule has 10 heteroatoms. The topological polar surface area (TPSA) is 107 Å². The fourth-order valence-corrected chi connectivity index (χ4v) is 4.43. The Kier molecular flexibility index (Phi) is 5.79. The third kappa shape index (κ3) is 4.72. The van der Waals surface area contributed by atoms with Crippen LogP contribution in [-0.4, -0.2) is 62.6 Å². The van der Waals surface area contributed by atoms with Crippen LogP contribution in [0.15, 0.2) is 23.0 Å². The SMILES string of the molecule is CC(C)(C)n1nnnc1CN(Cc1cc2cc3c(cc2[nH]c1=O)OCCO3)C[C@H]1CCCO1. The van der Waals surface area contributed by atoms with Gasteiger partial charge < -0.3 is 19.2 Å². The van der Waals surface area contributed by atoms with E-state index in [0.717, 1.165) is 36.2 Å². The summed E-state index contributed by atoms with van der Waals surface area (Å²) < 4.78 is 19.1. The lowest BCUT2D eigenvalue weighted by Crippen LogP contribution is -2.35. The maximum atomic E-state index is 13.0. The average Bonchev–Trinajstić information content (AvgIpc) is 3.45. The second-order valence-corrected chi connectivity index (χ2v) is 9.69. The lowest BCUT2D eigenvalue weighted by atomic mass is 10.1. The zero-order valence-electron chi connectivity index (χ0n) is 19.3. The van der Waals surface area contributed by atoms with Crippen LogP contribution < -0.4 is 15.0 Å². The Morgan fingerprint density at radius 3 is 2.64 bits per heavy atom. The number of aromatic amines is 1. The molecule has 5 rings (SSSR count). The summed E-state index contributed by atoms with van der Waals surface area (Å²) in [6, 6.07) is 5.69. The molecular formula is C23H30N6O4. The Hall–Kier alpha value is -2.98. The molecule has 1 atom stereocenters. The molecule has 4 heterocycles. The Balaban J connectivity index is 1.45. The van der Waals surface area contributed by atoms with Crippen molar-refractivity contribution in [1.29, 1.82) is 0 Å². The molecule has 2 aliphatic rings. The minimum absolute atomic E-state index is 0.119. The van der Waals surface area contributed by atoms with Crippen LogP contribution in [0.4, 0.5) is 0 Å². The van der Waals surface area contributed by atoms with E-state index < -0.39 is 0 Å². The first-order valence-corrected chi connectivity index (χ1v) is 11.4. The largest absolute Gasteiger partial charge is 0.486 e. The molecule has 3 aromatic rings. The van der Waals surface area contributed by atoms with Crippen LogP contribution in [-0.2, 0) is 23.4 Å². The molecular weight excluding hydrogens is 424 g/mol. The predicted molar refractivity (Wildman–Crippen MR) is 121 cm³/mol. The fraction of sp³-hybridized carbons (Fsp3) is 0.565. The quantitative estimate of drug-likeness (QED) is 0.604. The van der Waals surface area contributed by atoms with E-state index in [-0.39, 0.29) is 17.2 Å². The van der Waals surface area contributed by atoms with Gasteiger partial charge in [0.05, 0.1) is 23.7 Å². The minimum atomic E-state index is -0.240. The highest BCUT2D eigenvalue weighted by atomic mass is 16.6. The van der Waals surface area contributed by atoms with Crippen molar-refractivity contribution in [3.8, 4) is 11.5 Å². The Labute approximate surface area is 191 Å². The number of ether oxygens (including phenoxy) is 3. The molecule has 0 radical (unpaired) electrons. The van der Waals surface area contributed by atoms with Gasteiger partial charge >= 0.3 is 0 Å². The summed E-state index contributed by atoms with van der Waals surface area (Å²) in [5.74, 6) is 2.12. The van der Waals surface area contributed by atoms with Gasteiger partial charge in [0.25, 0.3) is 5.56 Å². The number of benzene rings is 1. The summed E-state index contributed by atoms with van der Waals surface area (Å²) in [5, 5.41) is 13.2. The molecule has 0 spiro atoms. The van der Waals surface area contributed by atoms with Crippen molar-refractivity contribution < 1.29 is 14.2 Å². The molecule has 1 N–H and O–H groups in total. The van der Waals surface area contributed by atoms with Crippen LogP contribution in [0.3, 0.4) is 0 Å². The number of aromatic nitrogens is 5. The van der Waals surface area contributed by atoms with E-state index in [1.165, 1.54) is 0 Å². The molecule has 2 aromatic heterocycles. The van der Waals surface area contributed by atoms with E-state index in [9.17, 15) is 4.79 Å². The Bertz CT molecular complexity index is 1190. The number of pyridine rings is 1. The molecule has 2 aliphatic heterocycles. The number of fused-ring (bicyclic) bond motifs is 2. The second kappa shape index (κ2) is 8.75. The van der Waals surface area contributed by atoms with E-state index in [1.54, 1.807) is 0 Å². The van der Waals surface area contributed by atoms with E-state index in [0.29, 0.717) is 49.9 Å². The zero-order valence-corrected chi connectivity index (χ0v) is 19.3. The summed E-state index contributed by atoms with van der Waals surface area (Å²) in [5.41, 5.74) is 1.05. The normalized spacial score (nSPS) is 18.4. The van der Waals surface area contributed by atoms with Crippen molar-refractivity contribution in [3.05, 3.63) is 39.9 Å². The van der Waals surface area contributed by atoms with Crippen molar-refractivity contribution in [2.75, 3.05) is 26.4 Å². The number of nitrogens with one attached hydrogen (secondary N) is 1. The zero-order chi connectivity index (χ0) is 23.0. The molecule has 1 aromatic carbocycles. The van der Waals surface area contributed by atoms with Gasteiger partial charge in [-0.15, -0.1) is 5.10 Å². The summed E-state index contributed by atoms with van der Waals surface area (Å²) in [7, 11) is 0. The molecule has 0 amide bonds. The third-order valence-corrected chi connectivity index (χ3v) is 6.00. The Morgan fingerprint density at radius 2 is 1.91 bits per heavy atom. The monoisotopic (exact) mass is 454 g/mol. The van der Waals surface area contributed by atoms with Gasteiger partial charge in [-0.2, -0.15) is 0 Å². The maximum Gasteiger partial charge on any atom is 0.252 e. The summed E-state index contributed by atoms with van der Waals surface area (Å²) in [4.78, 5) is 18.2. The van der Waals surface area contributed by atoms with Crippen molar-refractivity contribution in [3.63, 3.8) is 0 Å². The number of hydrogen-bond acceptors (Lipinski definition) is 8. The highest BCUT2D eigenvalue weighted by Gasteiger charge is 2.25. The number of tetrazole rings is 1. The van der Waals surface area contributed by atoms with Gasteiger partial charge in [0, 0.05) is 36.7 Å². The summed E-state index contributed by atoms with van der Waals surface area (Å²) >= 11 is 0. The van der Waals surface area contributed by atoms with Crippen LogP contribution in [0.1, 0.15) is 45.0 Å². The first-order chi connectivity index (χ1) is 15.9. The highest BCUT2D eigenvalue weighted by Crippen LogP contribution is 2.33. The van der Waals surface area contributed by atoms with E-state index >= 15 is 0 Å². The third-order valence-electron chi connectivity index (χ3n) is 6.00. The molecule has 33 heavy (non-hydrogen) atoms. The molecule has 0 bridgehead atoms. The van der Waals surface area contributed by atoms with Gasteiger partial charge in [-0.1, -0.05) is 0 Å². The molecule has 1 saturated heterocycles. The van der Waals surface area contributed by atoms with E-state index in [2.05, 4.69) is 46.2 Å². The maximum absolute atomic E-state index is 13.0. The lowest BCUT2D eigenvalue weighted by Gasteiger charge is -2.26. The van der Waals surface area contributed by atoms with Crippen molar-refractivity contribution in [1.82, 2.24) is 30.1 Å². The fourth-order valence-electron chi connectivity index (χ4n) is 4.43. The van der Waals surface area contributed by atoms with Gasteiger partial charge in [-0.05, 0) is 56.2 Å². The van der Waals surface area contributed by atoms with Gasteiger partial charge in [0.2, 0.25) is 0 Å². The molecule has 0 saturated carbocycles. The smallest absolute Gasteiger partial charge is 0.252 e. The molecule has 1 fully saturated rings. The van der Waals surface area contributed by atoms with Crippen molar-refractivity contribution >= 4 is 10.9 Å². The van der Waals surface area contributed by atoms with Crippen LogP contribution in [0, 0.1) is 0 Å². The molecule has 10 nitrogen and oxygen atoms in total. The van der Waals surface area contributed by atoms with Gasteiger partial charge in [-0.25, -0.2) is 4.68 Å². The van der Waals surface area contributed by atoms with Crippen LogP contribution in [0.5, 0.6) is 11.5 Å². The van der Waals surface area contributed by atoms with Crippen LogP contribution >= 0.6 is 0 Å². The molecule has 0 aliphatic carbocycles. The number of nitrogens with zero attached hydrogens (tertiary/aromatic N) is 5. The molecule has 0 unspecified atom stereocenters.